The number of esters is 1. The Morgan fingerprint density at radius 2 is 1.12 bits per heavy atom. The highest BCUT2D eigenvalue weighted by atomic mass is 19.4. The minimum Gasteiger partial charge on any atom is -0.459 e. The Labute approximate surface area is 232 Å². The van der Waals surface area contributed by atoms with Gasteiger partial charge in [-0.3, -0.25) is 4.79 Å². The summed E-state index contributed by atoms with van der Waals surface area (Å²) in [6.45, 7) is 14.3. The second kappa shape index (κ2) is 15.4. The Bertz CT molecular complexity index is 1050. The third-order valence-electron chi connectivity index (χ3n) is 6.51. The number of benzene rings is 2. The first kappa shape index (κ1) is 37.4. The molecular formula is C30H40F8O2. The van der Waals surface area contributed by atoms with Crippen LogP contribution < -0.4 is 0 Å². The Kier molecular flexibility index (Phi) is 14.4. The van der Waals surface area contributed by atoms with Gasteiger partial charge in [0.25, 0.3) is 0 Å². The van der Waals surface area contributed by atoms with Gasteiger partial charge < -0.3 is 4.74 Å². The van der Waals surface area contributed by atoms with Gasteiger partial charge in [-0.2, -0.15) is 13.2 Å². The molecule has 0 bridgehead atoms. The summed E-state index contributed by atoms with van der Waals surface area (Å²) >= 11 is 0. The van der Waals surface area contributed by atoms with Crippen molar-refractivity contribution in [2.24, 2.45) is 5.41 Å². The summed E-state index contributed by atoms with van der Waals surface area (Å²) in [4.78, 5) is 11.4. The predicted molar refractivity (Wildman–Crippen MR) is 140 cm³/mol. The summed E-state index contributed by atoms with van der Waals surface area (Å²) < 4.78 is 107. The zero-order valence-electron chi connectivity index (χ0n) is 24.5. The Morgan fingerprint density at radius 3 is 1.45 bits per heavy atom. The lowest BCUT2D eigenvalue weighted by atomic mass is 9.86. The molecule has 0 radical (unpaired) electrons. The third kappa shape index (κ3) is 10.1. The highest BCUT2D eigenvalue weighted by Gasteiger charge is 2.57. The molecule has 0 aromatic heterocycles. The summed E-state index contributed by atoms with van der Waals surface area (Å²) in [6.07, 6.45) is -3.39. The van der Waals surface area contributed by atoms with Crippen molar-refractivity contribution >= 4 is 5.97 Å². The van der Waals surface area contributed by atoms with Crippen molar-refractivity contribution < 1.29 is 44.7 Å². The van der Waals surface area contributed by atoms with E-state index in [1.165, 1.54) is 46.6 Å². The fraction of sp³-hybridized carbons (Fsp3) is 0.567. The predicted octanol–water partition coefficient (Wildman–Crippen LogP) is 10.4. The quantitative estimate of drug-likeness (QED) is 0.146. The van der Waals surface area contributed by atoms with E-state index in [0.717, 1.165) is 6.92 Å². The molecule has 10 heteroatoms. The molecule has 2 rings (SSSR count). The molecule has 40 heavy (non-hydrogen) atoms. The highest BCUT2D eigenvalue weighted by molar-refractivity contribution is 5.77. The molecule has 0 N–H and O–H groups in total. The van der Waals surface area contributed by atoms with Crippen molar-refractivity contribution in [3.05, 3.63) is 70.5 Å². The summed E-state index contributed by atoms with van der Waals surface area (Å²) in [5, 5.41) is 0. The number of alkyl halides is 3. The van der Waals surface area contributed by atoms with Crippen LogP contribution in [0.1, 0.15) is 105 Å². The van der Waals surface area contributed by atoms with Gasteiger partial charge >= 0.3 is 12.1 Å². The smallest absolute Gasteiger partial charge is 0.404 e. The first-order valence-corrected chi connectivity index (χ1v) is 13.1. The first-order chi connectivity index (χ1) is 18.2. The summed E-state index contributed by atoms with van der Waals surface area (Å²) in [5.74, 6) is -10.6. The summed E-state index contributed by atoms with van der Waals surface area (Å²) in [6, 6.07) is 10.6. The lowest BCUT2D eigenvalue weighted by molar-refractivity contribution is -0.236. The van der Waals surface area contributed by atoms with Crippen LogP contribution in [0.15, 0.2) is 30.3 Å². The topological polar surface area (TPSA) is 26.3 Å². The Balaban J connectivity index is 0.000000582. The van der Waals surface area contributed by atoms with Gasteiger partial charge in [0.05, 0.1) is 0 Å². The maximum Gasteiger partial charge on any atom is 0.404 e. The number of hydrogen-bond acceptors (Lipinski definition) is 2. The normalized spacial score (nSPS) is 14.5. The average molecular weight is 585 g/mol. The van der Waals surface area contributed by atoms with Crippen molar-refractivity contribution in [1.29, 1.82) is 0 Å². The van der Waals surface area contributed by atoms with Crippen molar-refractivity contribution in [2.45, 2.75) is 105 Å². The van der Waals surface area contributed by atoms with Crippen LogP contribution in [-0.2, 0) is 9.53 Å². The van der Waals surface area contributed by atoms with Gasteiger partial charge in [0.15, 0.2) is 28.7 Å². The monoisotopic (exact) mass is 584 g/mol. The molecule has 0 heterocycles. The largest absolute Gasteiger partial charge is 0.459 e. The second-order valence-electron chi connectivity index (χ2n) is 10.7. The van der Waals surface area contributed by atoms with E-state index in [1.807, 2.05) is 0 Å². The molecule has 0 aliphatic heterocycles. The van der Waals surface area contributed by atoms with E-state index in [-0.39, 0.29) is 6.42 Å². The van der Waals surface area contributed by atoms with Crippen LogP contribution in [0.2, 0.25) is 0 Å². The number of rotatable bonds is 6. The van der Waals surface area contributed by atoms with Gasteiger partial charge in [-0.1, -0.05) is 65.0 Å². The molecule has 0 aliphatic rings. The number of carbonyl (C=O) groups excluding carboxylic acids is 1. The molecule has 0 saturated heterocycles. The van der Waals surface area contributed by atoms with Crippen LogP contribution in [0.5, 0.6) is 0 Å². The lowest BCUT2D eigenvalue weighted by Gasteiger charge is -2.32. The zero-order valence-corrected chi connectivity index (χ0v) is 24.5. The first-order valence-electron chi connectivity index (χ1n) is 13.1. The standard InChI is InChI=1S/C10H9F5.C10H17F3O2.C10H14/c1-3-4(2)5-6(11)8(13)10(15)9(14)7(5)12;1-6-9(5,10(11,12)13)7(14)15-8(2,3)4;1-3-9(2)10-7-5-4-6-8-10/h4H,3H2,1-2H3;6H2,1-5H3;4-9H,3H2,1-2H3. The van der Waals surface area contributed by atoms with Crippen molar-refractivity contribution in [3.63, 3.8) is 0 Å². The molecule has 0 aliphatic carbocycles. The number of carbonyl (C=O) groups is 1. The van der Waals surface area contributed by atoms with Crippen LogP contribution in [0, 0.1) is 34.5 Å². The minimum absolute atomic E-state index is 0.290. The van der Waals surface area contributed by atoms with Crippen molar-refractivity contribution in [2.75, 3.05) is 0 Å². The van der Waals surface area contributed by atoms with E-state index in [0.29, 0.717) is 12.3 Å². The van der Waals surface area contributed by atoms with Crippen LogP contribution in [0.25, 0.3) is 0 Å². The molecule has 3 unspecified atom stereocenters. The van der Waals surface area contributed by atoms with Gasteiger partial charge in [0.2, 0.25) is 5.82 Å². The van der Waals surface area contributed by atoms with Gasteiger partial charge in [-0.15, -0.1) is 0 Å². The molecule has 3 atom stereocenters. The van der Waals surface area contributed by atoms with E-state index in [1.54, 1.807) is 6.92 Å². The van der Waals surface area contributed by atoms with Gasteiger partial charge in [-0.05, 0) is 64.4 Å². The van der Waals surface area contributed by atoms with Crippen LogP contribution in [-0.4, -0.2) is 17.7 Å². The Hall–Kier alpha value is -2.65. The SMILES string of the molecule is CCC(C)(C(=O)OC(C)(C)C)C(F)(F)F.CCC(C)c1c(F)c(F)c(F)c(F)c1F.CCC(C)c1ccccc1. The zero-order chi connectivity index (χ0) is 31.6. The minimum atomic E-state index is -4.58. The molecule has 0 amide bonds. The lowest BCUT2D eigenvalue weighted by Crippen LogP contribution is -2.45. The van der Waals surface area contributed by atoms with E-state index in [2.05, 4.69) is 44.2 Å². The third-order valence-corrected chi connectivity index (χ3v) is 6.51. The van der Waals surface area contributed by atoms with Gasteiger partial charge in [0.1, 0.15) is 5.60 Å². The van der Waals surface area contributed by atoms with Crippen LogP contribution in [0.4, 0.5) is 35.1 Å². The number of ether oxygens (including phenoxy) is 1. The van der Waals surface area contributed by atoms with Crippen molar-refractivity contribution in [3.8, 4) is 0 Å². The molecule has 0 spiro atoms. The summed E-state index contributed by atoms with van der Waals surface area (Å²) in [7, 11) is 0. The summed E-state index contributed by atoms with van der Waals surface area (Å²) in [5.41, 5.74) is -2.61. The van der Waals surface area contributed by atoms with E-state index in [9.17, 15) is 39.9 Å². The molecule has 0 saturated carbocycles. The van der Waals surface area contributed by atoms with E-state index in [4.69, 9.17) is 4.74 Å². The molecular weight excluding hydrogens is 544 g/mol. The van der Waals surface area contributed by atoms with E-state index >= 15 is 0 Å². The maximum atomic E-state index is 13.1. The van der Waals surface area contributed by atoms with Crippen LogP contribution >= 0.6 is 0 Å². The molecule has 0 fully saturated rings. The van der Waals surface area contributed by atoms with Crippen molar-refractivity contribution in [1.82, 2.24) is 0 Å². The van der Waals surface area contributed by atoms with E-state index < -0.39 is 63.7 Å². The molecule has 2 aromatic rings. The Morgan fingerprint density at radius 1 is 0.725 bits per heavy atom. The molecule has 228 valence electrons. The average Bonchev–Trinajstić information content (AvgIpc) is 2.89. The van der Waals surface area contributed by atoms with Gasteiger partial charge in [-0.25, -0.2) is 22.0 Å². The highest BCUT2D eigenvalue weighted by Crippen LogP contribution is 2.42. The number of halogens is 8. The molecule has 2 nitrogen and oxygen atoms in total. The maximum absolute atomic E-state index is 13.1. The van der Waals surface area contributed by atoms with Crippen LogP contribution in [0.3, 0.4) is 0 Å². The molecule has 2 aromatic carbocycles. The fourth-order valence-corrected chi connectivity index (χ4v) is 3.13. The van der Waals surface area contributed by atoms with Gasteiger partial charge in [0, 0.05) is 5.56 Å². The fourth-order valence-electron chi connectivity index (χ4n) is 3.13. The second-order valence-corrected chi connectivity index (χ2v) is 10.7. The number of hydrogen-bond donors (Lipinski definition) is 0.